The molecule has 1 saturated heterocycles. The summed E-state index contributed by atoms with van der Waals surface area (Å²) in [7, 11) is 1.76. The Morgan fingerprint density at radius 3 is 2.72 bits per heavy atom. The summed E-state index contributed by atoms with van der Waals surface area (Å²) >= 11 is 4.78. The van der Waals surface area contributed by atoms with E-state index in [0.717, 1.165) is 13.0 Å². The fraction of sp³-hybridized carbons (Fsp3) is 0.833. The normalized spacial score (nSPS) is 24.2. The van der Waals surface area contributed by atoms with Crippen molar-refractivity contribution < 1.29 is 9.90 Å². The number of carbonyl (C=O) groups excluding carboxylic acids is 1. The number of nitrogens with two attached hydrogens (primary N) is 1. The summed E-state index contributed by atoms with van der Waals surface area (Å²) in [5.74, 6) is 0.0952. The molecule has 0 spiro atoms. The quantitative estimate of drug-likeness (QED) is 0.665. The van der Waals surface area contributed by atoms with Gasteiger partial charge in [0.2, 0.25) is 5.91 Å². The number of carbonyl (C=O) groups is 1. The van der Waals surface area contributed by atoms with Gasteiger partial charge in [-0.05, 0) is 13.3 Å². The molecule has 1 rings (SSSR count). The molecular formula is C12H23N3O2S. The molecule has 1 amide bonds. The van der Waals surface area contributed by atoms with Crippen molar-refractivity contribution in [1.82, 2.24) is 9.80 Å². The molecule has 1 fully saturated rings. The van der Waals surface area contributed by atoms with Crippen LogP contribution in [0.3, 0.4) is 0 Å². The Balaban J connectivity index is 2.22. The molecule has 1 aliphatic rings. The first kappa shape index (κ1) is 15.3. The minimum Gasteiger partial charge on any atom is -0.393 e. The van der Waals surface area contributed by atoms with Crippen molar-refractivity contribution in [2.45, 2.75) is 31.8 Å². The maximum Gasteiger partial charge on any atom is 0.223 e. The Morgan fingerprint density at radius 2 is 2.22 bits per heavy atom. The number of amides is 1. The smallest absolute Gasteiger partial charge is 0.223 e. The van der Waals surface area contributed by atoms with E-state index in [1.165, 1.54) is 0 Å². The molecule has 0 saturated carbocycles. The summed E-state index contributed by atoms with van der Waals surface area (Å²) in [4.78, 5) is 16.0. The molecular weight excluding hydrogens is 250 g/mol. The topological polar surface area (TPSA) is 69.8 Å². The average Bonchev–Trinajstić information content (AvgIpc) is 2.62. The van der Waals surface area contributed by atoms with Gasteiger partial charge in [0.1, 0.15) is 0 Å². The molecule has 5 nitrogen and oxygen atoms in total. The first-order valence-corrected chi connectivity index (χ1v) is 6.68. The largest absolute Gasteiger partial charge is 0.393 e. The zero-order valence-electron chi connectivity index (χ0n) is 11.2. The maximum absolute atomic E-state index is 11.8. The number of likely N-dealkylation sites (tertiary alicyclic amines) is 1. The van der Waals surface area contributed by atoms with Gasteiger partial charge in [-0.2, -0.15) is 0 Å². The third-order valence-corrected chi connectivity index (χ3v) is 3.50. The molecule has 0 bridgehead atoms. The standard InChI is InChI=1S/C12H23N3O2S/c1-12(17)5-8-15(9-12)7-4-11(16)14(2)6-3-10(13)18/h17H,3-9H2,1-2H3,(H2,13,18). The highest BCUT2D eigenvalue weighted by Gasteiger charge is 2.31. The van der Waals surface area contributed by atoms with Crippen LogP contribution >= 0.6 is 12.2 Å². The molecule has 1 heterocycles. The first-order valence-electron chi connectivity index (χ1n) is 6.27. The van der Waals surface area contributed by atoms with Crippen molar-refractivity contribution in [3.05, 3.63) is 0 Å². The van der Waals surface area contributed by atoms with Gasteiger partial charge in [0.05, 0.1) is 10.6 Å². The second-order valence-electron chi connectivity index (χ2n) is 5.30. The lowest BCUT2D eigenvalue weighted by atomic mass is 10.1. The molecule has 0 aromatic carbocycles. The fourth-order valence-electron chi connectivity index (χ4n) is 2.08. The molecule has 0 radical (unpaired) electrons. The predicted octanol–water partition coefficient (Wildman–Crippen LogP) is -0.0322. The number of aliphatic hydroxyl groups is 1. The van der Waals surface area contributed by atoms with E-state index in [2.05, 4.69) is 4.90 Å². The van der Waals surface area contributed by atoms with Gasteiger partial charge in [-0.25, -0.2) is 0 Å². The summed E-state index contributed by atoms with van der Waals surface area (Å²) in [6.07, 6.45) is 1.82. The highest BCUT2D eigenvalue weighted by molar-refractivity contribution is 7.80. The van der Waals surface area contributed by atoms with Gasteiger partial charge in [-0.1, -0.05) is 12.2 Å². The van der Waals surface area contributed by atoms with E-state index in [1.54, 1.807) is 11.9 Å². The fourth-order valence-corrected chi connectivity index (χ4v) is 2.17. The van der Waals surface area contributed by atoms with Gasteiger partial charge in [0.15, 0.2) is 0 Å². The lowest BCUT2D eigenvalue weighted by Crippen LogP contribution is -2.34. The van der Waals surface area contributed by atoms with Crippen molar-refractivity contribution in [3.63, 3.8) is 0 Å². The SMILES string of the molecule is CN(CCC(N)=S)C(=O)CCN1CCC(C)(O)C1. The van der Waals surface area contributed by atoms with E-state index in [1.807, 2.05) is 6.92 Å². The second-order valence-corrected chi connectivity index (χ2v) is 5.83. The van der Waals surface area contributed by atoms with Gasteiger partial charge < -0.3 is 15.7 Å². The van der Waals surface area contributed by atoms with Crippen LogP contribution in [0, 0.1) is 0 Å². The zero-order chi connectivity index (χ0) is 13.8. The van der Waals surface area contributed by atoms with Crippen molar-refractivity contribution in [2.24, 2.45) is 5.73 Å². The number of nitrogens with zero attached hydrogens (tertiary/aromatic N) is 2. The number of β-amino-alcohol motifs (C(OH)–C–C–N with tert-alkyl or cyclic N) is 1. The van der Waals surface area contributed by atoms with E-state index in [4.69, 9.17) is 18.0 Å². The van der Waals surface area contributed by atoms with Crippen LogP contribution in [0.15, 0.2) is 0 Å². The third kappa shape index (κ3) is 5.29. The Labute approximate surface area is 114 Å². The van der Waals surface area contributed by atoms with Crippen LogP contribution in [-0.4, -0.2) is 64.6 Å². The lowest BCUT2D eigenvalue weighted by molar-refractivity contribution is -0.130. The van der Waals surface area contributed by atoms with Crippen LogP contribution in [-0.2, 0) is 4.79 Å². The van der Waals surface area contributed by atoms with Gasteiger partial charge in [0, 0.05) is 46.1 Å². The molecule has 1 atom stereocenters. The van der Waals surface area contributed by atoms with Crippen LogP contribution < -0.4 is 5.73 Å². The molecule has 0 aromatic heterocycles. The average molecular weight is 273 g/mol. The molecule has 3 N–H and O–H groups in total. The Morgan fingerprint density at radius 1 is 1.56 bits per heavy atom. The van der Waals surface area contributed by atoms with Gasteiger partial charge in [-0.15, -0.1) is 0 Å². The Hall–Kier alpha value is -0.720. The maximum atomic E-state index is 11.8. The van der Waals surface area contributed by atoms with E-state index in [9.17, 15) is 9.90 Å². The third-order valence-electron chi connectivity index (χ3n) is 3.29. The van der Waals surface area contributed by atoms with Crippen LogP contribution in [0.4, 0.5) is 0 Å². The number of thiocarbonyl (C=S) groups is 1. The zero-order valence-corrected chi connectivity index (χ0v) is 12.0. The molecule has 1 aliphatic heterocycles. The van der Waals surface area contributed by atoms with E-state index in [-0.39, 0.29) is 5.91 Å². The molecule has 0 aliphatic carbocycles. The summed E-state index contributed by atoms with van der Waals surface area (Å²) in [6.45, 7) is 4.62. The van der Waals surface area contributed by atoms with Gasteiger partial charge in [-0.3, -0.25) is 9.69 Å². The van der Waals surface area contributed by atoms with Crippen LogP contribution in [0.5, 0.6) is 0 Å². The summed E-state index contributed by atoms with van der Waals surface area (Å²) in [6, 6.07) is 0. The van der Waals surface area contributed by atoms with Gasteiger partial charge >= 0.3 is 0 Å². The summed E-state index contributed by atoms with van der Waals surface area (Å²) in [5.41, 5.74) is 4.81. The molecule has 18 heavy (non-hydrogen) atoms. The van der Waals surface area contributed by atoms with E-state index in [0.29, 0.717) is 37.5 Å². The van der Waals surface area contributed by atoms with Gasteiger partial charge in [0.25, 0.3) is 0 Å². The van der Waals surface area contributed by atoms with E-state index >= 15 is 0 Å². The van der Waals surface area contributed by atoms with Crippen molar-refractivity contribution in [3.8, 4) is 0 Å². The number of hydrogen-bond acceptors (Lipinski definition) is 4. The number of hydrogen-bond donors (Lipinski definition) is 2. The first-order chi connectivity index (χ1) is 8.30. The molecule has 104 valence electrons. The van der Waals surface area contributed by atoms with Crippen molar-refractivity contribution in [2.75, 3.05) is 33.2 Å². The Kier molecular flexibility index (Phi) is 5.49. The van der Waals surface area contributed by atoms with E-state index < -0.39 is 5.60 Å². The van der Waals surface area contributed by atoms with Crippen molar-refractivity contribution >= 4 is 23.1 Å². The van der Waals surface area contributed by atoms with Crippen LogP contribution in [0.2, 0.25) is 0 Å². The molecule has 1 unspecified atom stereocenters. The number of rotatable bonds is 6. The minimum absolute atomic E-state index is 0.0952. The molecule has 0 aromatic rings. The van der Waals surface area contributed by atoms with Crippen molar-refractivity contribution in [1.29, 1.82) is 0 Å². The predicted molar refractivity (Wildman–Crippen MR) is 75.3 cm³/mol. The lowest BCUT2D eigenvalue weighted by Gasteiger charge is -2.21. The monoisotopic (exact) mass is 273 g/mol. The highest BCUT2D eigenvalue weighted by Crippen LogP contribution is 2.20. The minimum atomic E-state index is -0.597. The second kappa shape index (κ2) is 6.45. The summed E-state index contributed by atoms with van der Waals surface area (Å²) in [5, 5.41) is 9.82. The molecule has 6 heteroatoms. The van der Waals surface area contributed by atoms with Crippen LogP contribution in [0.1, 0.15) is 26.2 Å². The Bertz CT molecular complexity index is 320. The van der Waals surface area contributed by atoms with Crippen LogP contribution in [0.25, 0.3) is 0 Å². The highest BCUT2D eigenvalue weighted by atomic mass is 32.1. The summed E-state index contributed by atoms with van der Waals surface area (Å²) < 4.78 is 0.